The maximum atomic E-state index is 11.5. The lowest BCUT2D eigenvalue weighted by molar-refractivity contribution is -0.118. The predicted molar refractivity (Wildman–Crippen MR) is 63.9 cm³/mol. The molecular weight excluding hydrogens is 188 g/mol. The van der Waals surface area contributed by atoms with Gasteiger partial charge in [0, 0.05) is 17.9 Å². The second-order valence-corrected chi connectivity index (χ2v) is 4.32. The highest BCUT2D eigenvalue weighted by molar-refractivity contribution is 5.91. The number of ketones is 1. The van der Waals surface area contributed by atoms with Crippen LogP contribution >= 0.6 is 0 Å². The van der Waals surface area contributed by atoms with E-state index in [-0.39, 0.29) is 23.4 Å². The standard InChI is InChI=1S/C13H24O2/c1-5-7-8-11(4)13(15)9-12(14)10(3)6-2/h9-11,15H,5-8H2,1-4H3. The molecule has 0 amide bonds. The van der Waals surface area contributed by atoms with Crippen LogP contribution in [0.2, 0.25) is 0 Å². The summed E-state index contributed by atoms with van der Waals surface area (Å²) in [7, 11) is 0. The molecule has 88 valence electrons. The van der Waals surface area contributed by atoms with E-state index in [1.807, 2.05) is 20.8 Å². The van der Waals surface area contributed by atoms with Crippen molar-refractivity contribution in [3.8, 4) is 0 Å². The lowest BCUT2D eigenvalue weighted by atomic mass is 9.98. The third-order valence-corrected chi connectivity index (χ3v) is 2.88. The molecular formula is C13H24O2. The van der Waals surface area contributed by atoms with E-state index in [0.29, 0.717) is 0 Å². The van der Waals surface area contributed by atoms with Gasteiger partial charge < -0.3 is 5.11 Å². The van der Waals surface area contributed by atoms with Crippen LogP contribution < -0.4 is 0 Å². The number of unbranched alkanes of at least 4 members (excludes halogenated alkanes) is 1. The second kappa shape index (κ2) is 7.49. The van der Waals surface area contributed by atoms with Crippen molar-refractivity contribution in [2.45, 2.75) is 53.4 Å². The third kappa shape index (κ3) is 5.60. The largest absolute Gasteiger partial charge is 0.512 e. The molecule has 0 rings (SSSR count). The average Bonchev–Trinajstić information content (AvgIpc) is 2.24. The van der Waals surface area contributed by atoms with E-state index in [0.717, 1.165) is 25.7 Å². The molecule has 15 heavy (non-hydrogen) atoms. The summed E-state index contributed by atoms with van der Waals surface area (Å²) in [5.41, 5.74) is 0. The minimum Gasteiger partial charge on any atom is -0.512 e. The average molecular weight is 212 g/mol. The van der Waals surface area contributed by atoms with Crippen molar-refractivity contribution < 1.29 is 9.90 Å². The van der Waals surface area contributed by atoms with E-state index in [4.69, 9.17) is 0 Å². The molecule has 2 unspecified atom stereocenters. The van der Waals surface area contributed by atoms with Gasteiger partial charge in [0.1, 0.15) is 0 Å². The van der Waals surface area contributed by atoms with E-state index < -0.39 is 0 Å². The summed E-state index contributed by atoms with van der Waals surface area (Å²) in [6.07, 6.45) is 5.40. The topological polar surface area (TPSA) is 37.3 Å². The molecule has 0 bridgehead atoms. The summed E-state index contributed by atoms with van der Waals surface area (Å²) in [6, 6.07) is 0. The molecule has 0 aromatic carbocycles. The number of hydrogen-bond acceptors (Lipinski definition) is 2. The van der Waals surface area contributed by atoms with Crippen LogP contribution in [-0.2, 0) is 4.79 Å². The second-order valence-electron chi connectivity index (χ2n) is 4.32. The fourth-order valence-corrected chi connectivity index (χ4v) is 1.29. The van der Waals surface area contributed by atoms with Gasteiger partial charge in [0.15, 0.2) is 5.78 Å². The first kappa shape index (κ1) is 14.2. The highest BCUT2D eigenvalue weighted by Crippen LogP contribution is 2.16. The van der Waals surface area contributed by atoms with Gasteiger partial charge in [-0.2, -0.15) is 0 Å². The molecule has 0 radical (unpaired) electrons. The van der Waals surface area contributed by atoms with Crippen LogP contribution in [0, 0.1) is 11.8 Å². The Hall–Kier alpha value is -0.790. The molecule has 0 saturated heterocycles. The van der Waals surface area contributed by atoms with Gasteiger partial charge in [-0.3, -0.25) is 4.79 Å². The number of carbonyl (C=O) groups is 1. The first-order valence-electron chi connectivity index (χ1n) is 5.97. The maximum absolute atomic E-state index is 11.5. The number of aliphatic hydroxyl groups excluding tert-OH is 1. The summed E-state index contributed by atoms with van der Waals surface area (Å²) in [4.78, 5) is 11.5. The first-order chi connectivity index (χ1) is 7.02. The Morgan fingerprint density at radius 2 is 1.87 bits per heavy atom. The number of rotatable bonds is 7. The van der Waals surface area contributed by atoms with Crippen molar-refractivity contribution in [1.82, 2.24) is 0 Å². The van der Waals surface area contributed by atoms with E-state index in [1.165, 1.54) is 6.08 Å². The van der Waals surface area contributed by atoms with Gasteiger partial charge in [-0.15, -0.1) is 0 Å². The molecule has 0 aromatic heterocycles. The smallest absolute Gasteiger partial charge is 0.161 e. The molecule has 2 atom stereocenters. The Morgan fingerprint density at radius 3 is 2.33 bits per heavy atom. The fraction of sp³-hybridized carbons (Fsp3) is 0.769. The lowest BCUT2D eigenvalue weighted by Crippen LogP contribution is -2.09. The van der Waals surface area contributed by atoms with Crippen molar-refractivity contribution in [2.75, 3.05) is 0 Å². The number of allylic oxidation sites excluding steroid dienone is 2. The van der Waals surface area contributed by atoms with Gasteiger partial charge in [-0.1, -0.05) is 40.5 Å². The van der Waals surface area contributed by atoms with Gasteiger partial charge in [0.25, 0.3) is 0 Å². The van der Waals surface area contributed by atoms with Gasteiger partial charge >= 0.3 is 0 Å². The summed E-state index contributed by atoms with van der Waals surface area (Å²) < 4.78 is 0. The summed E-state index contributed by atoms with van der Waals surface area (Å²) in [6.45, 7) is 7.96. The van der Waals surface area contributed by atoms with Crippen LogP contribution in [-0.4, -0.2) is 10.9 Å². The fourth-order valence-electron chi connectivity index (χ4n) is 1.29. The van der Waals surface area contributed by atoms with Gasteiger partial charge in [0.2, 0.25) is 0 Å². The molecule has 0 aliphatic rings. The van der Waals surface area contributed by atoms with Gasteiger partial charge in [-0.25, -0.2) is 0 Å². The predicted octanol–water partition coefficient (Wildman–Crippen LogP) is 3.87. The van der Waals surface area contributed by atoms with Crippen LogP contribution in [0.25, 0.3) is 0 Å². The van der Waals surface area contributed by atoms with Gasteiger partial charge in [0.05, 0.1) is 5.76 Å². The molecule has 0 aromatic rings. The Morgan fingerprint density at radius 1 is 1.27 bits per heavy atom. The molecule has 2 heteroatoms. The molecule has 0 aliphatic carbocycles. The normalized spacial score (nSPS) is 16.1. The lowest BCUT2D eigenvalue weighted by Gasteiger charge is -2.10. The van der Waals surface area contributed by atoms with Crippen molar-refractivity contribution >= 4 is 5.78 Å². The van der Waals surface area contributed by atoms with Crippen molar-refractivity contribution in [3.05, 3.63) is 11.8 Å². The minimum atomic E-state index is 0.0190. The number of carbonyl (C=O) groups excluding carboxylic acids is 1. The molecule has 0 saturated carbocycles. The van der Waals surface area contributed by atoms with Crippen LogP contribution in [0.15, 0.2) is 11.8 Å². The zero-order chi connectivity index (χ0) is 11.8. The molecule has 0 fully saturated rings. The van der Waals surface area contributed by atoms with Crippen LogP contribution in [0.5, 0.6) is 0 Å². The van der Waals surface area contributed by atoms with Gasteiger partial charge in [-0.05, 0) is 12.8 Å². The van der Waals surface area contributed by atoms with E-state index in [9.17, 15) is 9.90 Å². The number of hydrogen-bond donors (Lipinski definition) is 1. The zero-order valence-electron chi connectivity index (χ0n) is 10.4. The van der Waals surface area contributed by atoms with E-state index in [1.54, 1.807) is 0 Å². The van der Waals surface area contributed by atoms with Crippen molar-refractivity contribution in [2.24, 2.45) is 11.8 Å². The highest BCUT2D eigenvalue weighted by Gasteiger charge is 2.12. The zero-order valence-corrected chi connectivity index (χ0v) is 10.4. The highest BCUT2D eigenvalue weighted by atomic mass is 16.3. The quantitative estimate of drug-likeness (QED) is 0.514. The first-order valence-corrected chi connectivity index (χ1v) is 5.97. The molecule has 0 spiro atoms. The van der Waals surface area contributed by atoms with Crippen LogP contribution in [0.4, 0.5) is 0 Å². The minimum absolute atomic E-state index is 0.0190. The molecule has 2 nitrogen and oxygen atoms in total. The summed E-state index contributed by atoms with van der Waals surface area (Å²) in [5.74, 6) is 0.413. The number of aliphatic hydroxyl groups is 1. The van der Waals surface area contributed by atoms with Crippen LogP contribution in [0.1, 0.15) is 53.4 Å². The Labute approximate surface area is 93.4 Å². The maximum Gasteiger partial charge on any atom is 0.161 e. The molecule has 0 aliphatic heterocycles. The molecule has 0 heterocycles. The van der Waals surface area contributed by atoms with E-state index in [2.05, 4.69) is 6.92 Å². The summed E-state index contributed by atoms with van der Waals surface area (Å²) >= 11 is 0. The third-order valence-electron chi connectivity index (χ3n) is 2.88. The van der Waals surface area contributed by atoms with Crippen LogP contribution in [0.3, 0.4) is 0 Å². The Balaban J connectivity index is 4.22. The van der Waals surface area contributed by atoms with Crippen molar-refractivity contribution in [3.63, 3.8) is 0 Å². The van der Waals surface area contributed by atoms with Crippen molar-refractivity contribution in [1.29, 1.82) is 0 Å². The monoisotopic (exact) mass is 212 g/mol. The molecule has 1 N–H and O–H groups in total. The Kier molecular flexibility index (Phi) is 7.10. The summed E-state index contributed by atoms with van der Waals surface area (Å²) in [5, 5.41) is 9.70. The van der Waals surface area contributed by atoms with E-state index >= 15 is 0 Å². The SMILES string of the molecule is CCCCC(C)C(O)=CC(=O)C(C)CC. The Bertz CT molecular complexity index is 219.